The summed E-state index contributed by atoms with van der Waals surface area (Å²) >= 11 is 1.32. The van der Waals surface area contributed by atoms with Crippen LogP contribution in [0.25, 0.3) is 0 Å². The normalized spacial score (nSPS) is 10.7. The molecule has 0 aliphatic carbocycles. The average molecular weight is 381 g/mol. The fourth-order valence-electron chi connectivity index (χ4n) is 2.30. The van der Waals surface area contributed by atoms with Crippen molar-refractivity contribution in [1.82, 2.24) is 4.98 Å². The number of thiazole rings is 1. The molecule has 1 N–H and O–H groups in total. The molecule has 27 heavy (non-hydrogen) atoms. The molecule has 9 heteroatoms. The minimum absolute atomic E-state index is 0.0221. The van der Waals surface area contributed by atoms with E-state index >= 15 is 0 Å². The number of nitro groups is 1. The molecule has 1 heterocycles. The van der Waals surface area contributed by atoms with E-state index in [1.165, 1.54) is 41.5 Å². The van der Waals surface area contributed by atoms with Crippen LogP contribution in [0.2, 0.25) is 0 Å². The van der Waals surface area contributed by atoms with E-state index in [1.807, 2.05) is 30.3 Å². The second kappa shape index (κ2) is 8.19. The lowest BCUT2D eigenvalue weighted by atomic mass is 10.3. The van der Waals surface area contributed by atoms with Gasteiger partial charge in [-0.15, -0.1) is 11.3 Å². The summed E-state index contributed by atoms with van der Waals surface area (Å²) in [4.78, 5) is 28.3. The topological polar surface area (TPSA) is 101 Å². The molecule has 1 aromatic heterocycles. The van der Waals surface area contributed by atoms with Crippen LogP contribution in [0.3, 0.4) is 0 Å². The highest BCUT2D eigenvalue weighted by molar-refractivity contribution is 7.14. The molecule has 0 spiro atoms. The van der Waals surface area contributed by atoms with Crippen LogP contribution in [0, 0.1) is 10.1 Å². The molecule has 0 saturated heterocycles. The van der Waals surface area contributed by atoms with Gasteiger partial charge in [0.2, 0.25) is 5.91 Å². The Kier molecular flexibility index (Phi) is 5.53. The number of nitrogens with zero attached hydrogens (tertiary/aromatic N) is 4. The van der Waals surface area contributed by atoms with Crippen molar-refractivity contribution in [3.05, 3.63) is 75.8 Å². The van der Waals surface area contributed by atoms with E-state index in [1.54, 1.807) is 17.5 Å². The summed E-state index contributed by atoms with van der Waals surface area (Å²) in [7, 11) is 0. The highest BCUT2D eigenvalue weighted by Gasteiger charge is 2.17. The third kappa shape index (κ3) is 4.53. The van der Waals surface area contributed by atoms with E-state index in [0.29, 0.717) is 16.5 Å². The molecule has 0 atom stereocenters. The van der Waals surface area contributed by atoms with Crippen molar-refractivity contribution in [3.8, 4) is 0 Å². The number of hydrogen-bond acceptors (Lipinski definition) is 7. The molecule has 0 saturated carbocycles. The third-order valence-electron chi connectivity index (χ3n) is 3.48. The monoisotopic (exact) mass is 381 g/mol. The van der Waals surface area contributed by atoms with Crippen molar-refractivity contribution in [1.29, 1.82) is 0 Å². The van der Waals surface area contributed by atoms with Crippen LogP contribution < -0.4 is 10.3 Å². The van der Waals surface area contributed by atoms with E-state index in [9.17, 15) is 14.9 Å². The molecule has 3 aromatic rings. The predicted molar refractivity (Wildman–Crippen MR) is 106 cm³/mol. The zero-order valence-electron chi connectivity index (χ0n) is 14.3. The van der Waals surface area contributed by atoms with Gasteiger partial charge in [0.1, 0.15) is 0 Å². The van der Waals surface area contributed by atoms with Gasteiger partial charge in [-0.05, 0) is 18.2 Å². The number of rotatable bonds is 6. The minimum atomic E-state index is -0.471. The van der Waals surface area contributed by atoms with Crippen LogP contribution in [0.15, 0.2) is 65.1 Å². The van der Waals surface area contributed by atoms with Gasteiger partial charge >= 0.3 is 0 Å². The van der Waals surface area contributed by atoms with Gasteiger partial charge in [0.15, 0.2) is 5.13 Å². The summed E-state index contributed by atoms with van der Waals surface area (Å²) in [6, 6.07) is 15.3. The maximum atomic E-state index is 12.0. The van der Waals surface area contributed by atoms with E-state index in [4.69, 9.17) is 0 Å². The number of benzene rings is 2. The molecule has 0 unspecified atom stereocenters. The molecule has 0 radical (unpaired) electrons. The Hall–Kier alpha value is -3.59. The van der Waals surface area contributed by atoms with E-state index in [-0.39, 0.29) is 11.6 Å². The number of hydrazone groups is 1. The number of carbonyl (C=O) groups is 1. The van der Waals surface area contributed by atoms with Crippen molar-refractivity contribution < 1.29 is 9.72 Å². The molecular formula is C18H15N5O3S. The van der Waals surface area contributed by atoms with Crippen molar-refractivity contribution >= 4 is 45.7 Å². The van der Waals surface area contributed by atoms with Crippen molar-refractivity contribution in [2.45, 2.75) is 6.92 Å². The number of non-ortho nitro benzene ring substituents is 1. The van der Waals surface area contributed by atoms with Crippen molar-refractivity contribution in [2.75, 3.05) is 10.3 Å². The number of para-hydroxylation sites is 1. The summed E-state index contributed by atoms with van der Waals surface area (Å²) in [5.74, 6) is -0.145. The number of hydrogen-bond donors (Lipinski definition) is 1. The van der Waals surface area contributed by atoms with Crippen molar-refractivity contribution in [3.63, 3.8) is 0 Å². The molecule has 136 valence electrons. The Labute approximate surface area is 158 Å². The van der Waals surface area contributed by atoms with Crippen LogP contribution in [0.1, 0.15) is 12.6 Å². The van der Waals surface area contributed by atoms with Gasteiger partial charge in [-0.3, -0.25) is 25.2 Å². The van der Waals surface area contributed by atoms with E-state index in [2.05, 4.69) is 15.5 Å². The first-order valence-electron chi connectivity index (χ1n) is 7.89. The standard InChI is InChI=1S/C18H15N5O3S/c1-13(24)22(16-7-3-2-4-8-16)18-20-15(12-27-18)11-19-21-14-6-5-9-17(10-14)23(25)26/h2-12,21H,1H3/b19-11-. The van der Waals surface area contributed by atoms with Gasteiger partial charge < -0.3 is 0 Å². The number of carbonyl (C=O) groups excluding carboxylic acids is 1. The van der Waals surface area contributed by atoms with Crippen LogP contribution in [0.5, 0.6) is 0 Å². The summed E-state index contributed by atoms with van der Waals surface area (Å²) < 4.78 is 0. The first kappa shape index (κ1) is 18.2. The summed E-state index contributed by atoms with van der Waals surface area (Å²) in [6.07, 6.45) is 1.49. The predicted octanol–water partition coefficient (Wildman–Crippen LogP) is 4.18. The fourth-order valence-corrected chi connectivity index (χ4v) is 3.14. The highest BCUT2D eigenvalue weighted by Crippen LogP contribution is 2.28. The Morgan fingerprint density at radius 1 is 1.26 bits per heavy atom. The summed E-state index contributed by atoms with van der Waals surface area (Å²) in [5, 5.41) is 17.1. The molecule has 2 aromatic carbocycles. The van der Waals surface area contributed by atoms with Crippen LogP contribution in [0.4, 0.5) is 22.2 Å². The van der Waals surface area contributed by atoms with Gasteiger partial charge in [-0.1, -0.05) is 24.3 Å². The van der Waals surface area contributed by atoms with Crippen LogP contribution in [-0.2, 0) is 4.79 Å². The SMILES string of the molecule is CC(=O)N(c1ccccc1)c1nc(/C=N\Nc2cccc([N+](=O)[O-])c2)cs1. The number of nitrogens with one attached hydrogen (secondary N) is 1. The Morgan fingerprint density at radius 2 is 2.04 bits per heavy atom. The smallest absolute Gasteiger partial charge is 0.271 e. The molecule has 0 aliphatic rings. The summed E-state index contributed by atoms with van der Waals surface area (Å²) in [5.41, 5.74) is 4.50. The molecular weight excluding hydrogens is 366 g/mol. The van der Waals surface area contributed by atoms with E-state index < -0.39 is 4.92 Å². The number of aromatic nitrogens is 1. The molecule has 3 rings (SSSR count). The highest BCUT2D eigenvalue weighted by atomic mass is 32.1. The average Bonchev–Trinajstić information content (AvgIpc) is 3.11. The van der Waals surface area contributed by atoms with E-state index in [0.717, 1.165) is 5.69 Å². The minimum Gasteiger partial charge on any atom is -0.278 e. The molecule has 0 bridgehead atoms. The largest absolute Gasteiger partial charge is 0.278 e. The Morgan fingerprint density at radius 3 is 2.74 bits per heavy atom. The zero-order chi connectivity index (χ0) is 19.2. The first-order chi connectivity index (χ1) is 13.0. The van der Waals surface area contributed by atoms with Crippen LogP contribution in [-0.4, -0.2) is 22.0 Å². The molecule has 0 fully saturated rings. The zero-order valence-corrected chi connectivity index (χ0v) is 15.1. The second-order valence-corrected chi connectivity index (χ2v) is 6.26. The summed E-state index contributed by atoms with van der Waals surface area (Å²) in [6.45, 7) is 1.48. The number of nitro benzene ring substituents is 1. The first-order valence-corrected chi connectivity index (χ1v) is 8.77. The fraction of sp³-hybridized carbons (Fsp3) is 0.0556. The van der Waals surface area contributed by atoms with Gasteiger partial charge in [-0.2, -0.15) is 5.10 Å². The molecule has 0 aliphatic heterocycles. The number of amides is 1. The quantitative estimate of drug-likeness (QED) is 0.392. The molecule has 8 nitrogen and oxygen atoms in total. The van der Waals surface area contributed by atoms with Crippen molar-refractivity contribution in [2.24, 2.45) is 5.10 Å². The van der Waals surface area contributed by atoms with Gasteiger partial charge in [0.05, 0.1) is 28.2 Å². The molecule has 1 amide bonds. The lowest BCUT2D eigenvalue weighted by molar-refractivity contribution is -0.384. The third-order valence-corrected chi connectivity index (χ3v) is 4.32. The maximum absolute atomic E-state index is 12.0. The van der Waals surface area contributed by atoms with Gasteiger partial charge in [0, 0.05) is 24.4 Å². The second-order valence-electron chi connectivity index (χ2n) is 5.42. The lowest BCUT2D eigenvalue weighted by Crippen LogP contribution is -2.22. The lowest BCUT2D eigenvalue weighted by Gasteiger charge is -2.17. The van der Waals surface area contributed by atoms with Gasteiger partial charge in [-0.25, -0.2) is 4.98 Å². The maximum Gasteiger partial charge on any atom is 0.271 e. The van der Waals surface area contributed by atoms with Crippen LogP contribution >= 0.6 is 11.3 Å². The Balaban J connectivity index is 1.73. The Bertz CT molecular complexity index is 987. The number of anilines is 3. The van der Waals surface area contributed by atoms with Gasteiger partial charge in [0.25, 0.3) is 5.69 Å².